The fraction of sp³-hybridized carbons (Fsp3) is 0.462. The van der Waals surface area contributed by atoms with Gasteiger partial charge in [-0.1, -0.05) is 19.1 Å². The molecule has 0 saturated carbocycles. The lowest BCUT2D eigenvalue weighted by molar-refractivity contribution is -0.142. The zero-order chi connectivity index (χ0) is 19.0. The van der Waals surface area contributed by atoms with Crippen LogP contribution in [0.5, 0.6) is 0 Å². The highest BCUT2D eigenvalue weighted by atomic mass is 35.7. The molecule has 0 aliphatic heterocycles. The third-order valence-corrected chi connectivity index (χ3v) is 4.05. The molecule has 1 atom stereocenters. The molecule has 0 spiro atoms. The highest BCUT2D eigenvalue weighted by Crippen LogP contribution is 2.13. The van der Waals surface area contributed by atoms with E-state index in [0.29, 0.717) is 5.56 Å². The van der Waals surface area contributed by atoms with Gasteiger partial charge in [0.05, 0.1) is 24.9 Å². The Labute approximate surface area is 146 Å². The Bertz CT molecular complexity index is 739. The average molecular weight is 402 g/mol. The zero-order valence-corrected chi connectivity index (χ0v) is 15.8. The van der Waals surface area contributed by atoms with Crippen molar-refractivity contribution in [2.45, 2.75) is 30.9 Å². The molecule has 8 nitrogen and oxygen atoms in total. The lowest BCUT2D eigenvalue weighted by Crippen LogP contribution is -2.40. The molecule has 0 aliphatic carbocycles. The number of methoxy groups -OCH3 is 1. The molecule has 1 rings (SSSR count). The van der Waals surface area contributed by atoms with Crippen molar-refractivity contribution in [1.82, 2.24) is 4.72 Å². The van der Waals surface area contributed by atoms with Crippen LogP contribution < -0.4 is 4.72 Å². The Kier molecular flexibility index (Phi) is 9.45. The third-order valence-electron chi connectivity index (χ3n) is 2.58. The van der Waals surface area contributed by atoms with E-state index in [0.717, 1.165) is 6.26 Å². The Morgan fingerprint density at radius 2 is 1.88 bits per heavy atom. The van der Waals surface area contributed by atoms with Gasteiger partial charge < -0.3 is 9.84 Å². The summed E-state index contributed by atoms with van der Waals surface area (Å²) < 4.78 is 49.8. The molecule has 0 bridgehead atoms. The number of ether oxygens (including phenoxy) is 1. The number of aliphatic hydroxyl groups is 1. The minimum Gasteiger partial charge on any atom is -0.468 e. The molecule has 0 amide bonds. The van der Waals surface area contributed by atoms with Gasteiger partial charge in [0.1, 0.15) is 6.04 Å². The molecule has 2 N–H and O–H groups in total. The van der Waals surface area contributed by atoms with Gasteiger partial charge in [-0.3, -0.25) is 4.79 Å². The van der Waals surface area contributed by atoms with Crippen molar-refractivity contribution in [3.8, 4) is 0 Å². The highest BCUT2D eigenvalue weighted by molar-refractivity contribution is 8.13. The minimum atomic E-state index is -3.82. The monoisotopic (exact) mass is 401 g/mol. The first kappa shape index (κ1) is 22.8. The molecule has 1 aromatic rings. The van der Waals surface area contributed by atoms with Gasteiger partial charge in [0, 0.05) is 10.7 Å². The molecule has 138 valence electrons. The maximum Gasteiger partial charge on any atom is 0.323 e. The number of esters is 1. The van der Waals surface area contributed by atoms with Gasteiger partial charge in [-0.25, -0.2) is 16.8 Å². The summed E-state index contributed by atoms with van der Waals surface area (Å²) in [4.78, 5) is 11.4. The standard InChI is InChI=1S/C12H17NO5S.CH3ClO2S/c1-3-11(12(15)18-2)13-19(16,17)10-6-4-5-9(7-10)8-14;1-5(2,3)4/h4-7,11,13-14H,3,8H2,1-2H3;1H3/t11-;/m0./s1. The van der Waals surface area contributed by atoms with Gasteiger partial charge in [-0.05, 0) is 24.1 Å². The van der Waals surface area contributed by atoms with Crippen LogP contribution in [0, 0.1) is 0 Å². The van der Waals surface area contributed by atoms with Gasteiger partial charge in [-0.2, -0.15) is 4.72 Å². The largest absolute Gasteiger partial charge is 0.468 e. The van der Waals surface area contributed by atoms with E-state index in [1.807, 2.05) is 0 Å². The fourth-order valence-electron chi connectivity index (χ4n) is 1.51. The summed E-state index contributed by atoms with van der Waals surface area (Å²) in [6.07, 6.45) is 1.21. The number of aliphatic hydroxyl groups excluding tert-OH is 1. The molecular formula is C13H20ClNO7S2. The van der Waals surface area contributed by atoms with Crippen LogP contribution in [0.15, 0.2) is 29.2 Å². The van der Waals surface area contributed by atoms with Crippen LogP contribution in [-0.4, -0.2) is 47.3 Å². The summed E-state index contributed by atoms with van der Waals surface area (Å²) >= 11 is 0. The van der Waals surface area contributed by atoms with Crippen molar-refractivity contribution in [2.75, 3.05) is 13.4 Å². The number of carbonyl (C=O) groups is 1. The topological polar surface area (TPSA) is 127 Å². The minimum absolute atomic E-state index is 0.00130. The van der Waals surface area contributed by atoms with Crippen molar-refractivity contribution < 1.29 is 31.5 Å². The summed E-state index contributed by atoms with van der Waals surface area (Å²) in [5.41, 5.74) is 0.481. The number of nitrogens with one attached hydrogen (secondary N) is 1. The molecule has 11 heteroatoms. The molecule has 1 aromatic carbocycles. The van der Waals surface area contributed by atoms with E-state index in [4.69, 9.17) is 5.11 Å². The molecule has 0 fully saturated rings. The molecule has 0 aliphatic rings. The zero-order valence-electron chi connectivity index (χ0n) is 13.4. The molecule has 24 heavy (non-hydrogen) atoms. The normalized spacial score (nSPS) is 12.7. The third kappa shape index (κ3) is 9.18. The van der Waals surface area contributed by atoms with Crippen molar-refractivity contribution >= 4 is 35.7 Å². The smallest absolute Gasteiger partial charge is 0.323 e. The van der Waals surface area contributed by atoms with Gasteiger partial charge in [0.15, 0.2) is 0 Å². The van der Waals surface area contributed by atoms with Crippen LogP contribution in [0.2, 0.25) is 0 Å². The second-order valence-electron chi connectivity index (χ2n) is 4.59. The van der Waals surface area contributed by atoms with Crippen molar-refractivity contribution in [3.05, 3.63) is 29.8 Å². The van der Waals surface area contributed by atoms with Gasteiger partial charge in [-0.15, -0.1) is 0 Å². The summed E-state index contributed by atoms with van der Waals surface area (Å²) in [5, 5.41) is 8.99. The van der Waals surface area contributed by atoms with Gasteiger partial charge >= 0.3 is 5.97 Å². The molecule has 0 unspecified atom stereocenters. The molecule has 0 radical (unpaired) electrons. The van der Waals surface area contributed by atoms with Crippen molar-refractivity contribution in [1.29, 1.82) is 0 Å². The van der Waals surface area contributed by atoms with Gasteiger partial charge in [0.2, 0.25) is 19.1 Å². The Hall–Kier alpha value is -1.20. The Morgan fingerprint density at radius 1 is 1.33 bits per heavy atom. The predicted octanol–water partition coefficient (Wildman–Crippen LogP) is 0.594. The lowest BCUT2D eigenvalue weighted by Gasteiger charge is -2.15. The van der Waals surface area contributed by atoms with Crippen LogP contribution in [0.1, 0.15) is 18.9 Å². The summed E-state index contributed by atoms with van der Waals surface area (Å²) in [5.74, 6) is -0.635. The summed E-state index contributed by atoms with van der Waals surface area (Å²) in [6, 6.07) is 4.96. The Morgan fingerprint density at radius 3 is 2.29 bits per heavy atom. The van der Waals surface area contributed by atoms with Crippen molar-refractivity contribution in [2.24, 2.45) is 0 Å². The van der Waals surface area contributed by atoms with Crippen molar-refractivity contribution in [3.63, 3.8) is 0 Å². The lowest BCUT2D eigenvalue weighted by atomic mass is 10.2. The molecule has 0 aromatic heterocycles. The number of sulfonamides is 1. The van der Waals surface area contributed by atoms with Crippen LogP contribution >= 0.6 is 10.7 Å². The van der Waals surface area contributed by atoms with Crippen LogP contribution in [0.3, 0.4) is 0 Å². The predicted molar refractivity (Wildman–Crippen MR) is 89.5 cm³/mol. The van der Waals surface area contributed by atoms with E-state index < -0.39 is 31.1 Å². The van der Waals surface area contributed by atoms with E-state index >= 15 is 0 Å². The summed E-state index contributed by atoms with van der Waals surface area (Å²) in [6.45, 7) is 1.42. The number of carbonyl (C=O) groups excluding carboxylic acids is 1. The SMILES string of the molecule is CC[C@H](NS(=O)(=O)c1cccc(CO)c1)C(=O)OC.CS(=O)(=O)Cl. The molecular weight excluding hydrogens is 382 g/mol. The number of benzene rings is 1. The second kappa shape index (κ2) is 9.94. The first-order valence-electron chi connectivity index (χ1n) is 6.64. The van der Waals surface area contributed by atoms with Crippen LogP contribution in [-0.2, 0) is 35.2 Å². The number of hydrogen-bond donors (Lipinski definition) is 2. The molecule has 0 saturated heterocycles. The highest BCUT2D eigenvalue weighted by Gasteiger charge is 2.24. The van der Waals surface area contributed by atoms with Crippen LogP contribution in [0.4, 0.5) is 0 Å². The molecule has 0 heterocycles. The second-order valence-corrected chi connectivity index (χ2v) is 9.35. The van der Waals surface area contributed by atoms with E-state index in [2.05, 4.69) is 20.1 Å². The Balaban J connectivity index is 0.000000922. The first-order chi connectivity index (χ1) is 10.9. The number of halogens is 1. The number of hydrogen-bond acceptors (Lipinski definition) is 7. The maximum atomic E-state index is 12.1. The quantitative estimate of drug-likeness (QED) is 0.527. The summed E-state index contributed by atoms with van der Waals surface area (Å²) in [7, 11) is -1.31. The number of rotatable bonds is 6. The van der Waals surface area contributed by atoms with E-state index in [1.54, 1.807) is 13.0 Å². The fourth-order valence-corrected chi connectivity index (χ4v) is 2.84. The van der Waals surface area contributed by atoms with Gasteiger partial charge in [0.25, 0.3) is 0 Å². The van der Waals surface area contributed by atoms with Crippen LogP contribution in [0.25, 0.3) is 0 Å². The van der Waals surface area contributed by atoms with E-state index in [9.17, 15) is 21.6 Å². The van der Waals surface area contributed by atoms with E-state index in [1.165, 1.54) is 25.3 Å². The van der Waals surface area contributed by atoms with E-state index in [-0.39, 0.29) is 17.9 Å². The first-order valence-corrected chi connectivity index (χ1v) is 10.8. The maximum absolute atomic E-state index is 12.1. The average Bonchev–Trinajstić information content (AvgIpc) is 2.50.